The van der Waals surface area contributed by atoms with E-state index in [1.165, 1.54) is 0 Å². The molecule has 0 saturated carbocycles. The van der Waals surface area contributed by atoms with Gasteiger partial charge in [0.25, 0.3) is 0 Å². The Morgan fingerprint density at radius 3 is 0.286 bits per heavy atom. The van der Waals surface area contributed by atoms with Crippen LogP contribution in [0.5, 0.6) is 0 Å². The second-order valence-corrected chi connectivity index (χ2v) is 6.22. The van der Waals surface area contributed by atoms with E-state index < -0.39 is 124 Å². The quantitative estimate of drug-likeness (QED) is 0.155. The average Bonchev–Trinajstić information content (AvgIpc) is 2.79. The van der Waals surface area contributed by atoms with Crippen LogP contribution < -0.4 is 51.1 Å². The Labute approximate surface area is 259 Å². The summed E-state index contributed by atoms with van der Waals surface area (Å²) in [7, 11) is 0. The van der Waals surface area contributed by atoms with Crippen LogP contribution in [0.1, 0.15) is 64.2 Å². The largest absolute Gasteiger partial charge is 0.550 e. The molecule has 0 aromatic carbocycles. The van der Waals surface area contributed by atoms with Crippen LogP contribution >= 0.6 is 0 Å². The van der Waals surface area contributed by atoms with E-state index in [9.17, 15) is 99.0 Å². The number of carboxylic acid groups (broad SMARTS) is 10. The van der Waals surface area contributed by atoms with Crippen molar-refractivity contribution in [1.82, 2.24) is 0 Å². The fourth-order valence-electron chi connectivity index (χ4n) is 1.02. The Hall–Kier alpha value is -4.13. The summed E-state index contributed by atoms with van der Waals surface area (Å²) in [5, 5.41) is 95.0. The summed E-state index contributed by atoms with van der Waals surface area (Å²) in [5.74, 6) is -13.7. The zero-order chi connectivity index (χ0) is 32.8. The van der Waals surface area contributed by atoms with Gasteiger partial charge in [-0.05, 0) is 64.2 Å². The molecule has 0 aromatic heterocycles. The maximum Gasteiger partial charge on any atom is 0.0418 e. The summed E-state index contributed by atoms with van der Waals surface area (Å²) in [4.78, 5) is 95.0. The fraction of sp³-hybridized carbons (Fsp3) is 0.500. The van der Waals surface area contributed by atoms with E-state index in [1.807, 2.05) is 0 Å². The molecule has 0 bridgehead atoms. The molecule has 0 saturated heterocycles. The van der Waals surface area contributed by atoms with Crippen LogP contribution in [0.15, 0.2) is 0 Å². The van der Waals surface area contributed by atoms with Crippen LogP contribution in [-0.4, -0.2) is 59.7 Å². The van der Waals surface area contributed by atoms with Gasteiger partial charge >= 0.3 is 0 Å². The molecule has 0 rings (SSSR count). The van der Waals surface area contributed by atoms with E-state index >= 15 is 0 Å². The van der Waals surface area contributed by atoms with E-state index in [1.54, 1.807) is 0 Å². The number of rotatable bonds is 15. The summed E-state index contributed by atoms with van der Waals surface area (Å²) in [5.41, 5.74) is 0. The van der Waals surface area contributed by atoms with Gasteiger partial charge in [-0.25, -0.2) is 0 Å². The molecule has 42 heavy (non-hydrogen) atoms. The van der Waals surface area contributed by atoms with Gasteiger partial charge in [0.1, 0.15) is 0 Å². The van der Waals surface area contributed by atoms with Crippen LogP contribution in [0.4, 0.5) is 0 Å². The van der Waals surface area contributed by atoms with Gasteiger partial charge in [-0.2, -0.15) is 0 Å². The summed E-state index contributed by atoms with van der Waals surface area (Å²) < 4.78 is 0. The third-order valence-corrected chi connectivity index (χ3v) is 2.67. The number of carbonyl (C=O) groups excluding carboxylic acids is 10. The number of carbonyl (C=O) groups is 10. The SMILES string of the molecule is O=C([O-])CCC(=O)[O-].O=C([O-])CCC(=O)[O-].O=C([O-])CCC(=O)[O-].O=C([O-])CCC(=O)[O-].O=C([O-])CCC(=O)[O-].[V].[V]. The molecule has 0 fully saturated rings. The van der Waals surface area contributed by atoms with Gasteiger partial charge in [0.2, 0.25) is 0 Å². The first-order valence-corrected chi connectivity index (χ1v) is 10.1. The molecule has 0 amide bonds. The minimum atomic E-state index is -1.37. The molecule has 0 spiro atoms. The molecule has 0 aliphatic heterocycles. The van der Waals surface area contributed by atoms with Crippen molar-refractivity contribution in [2.75, 3.05) is 0 Å². The molecule has 0 aliphatic rings. The van der Waals surface area contributed by atoms with E-state index in [2.05, 4.69) is 0 Å². The molecule has 20 nitrogen and oxygen atoms in total. The first-order chi connectivity index (χ1) is 18.1. The minimum Gasteiger partial charge on any atom is -0.550 e. The molecule has 240 valence electrons. The number of hydrogen-bond acceptors (Lipinski definition) is 20. The molecule has 22 heteroatoms. The Bertz CT molecular complexity index is 637. The van der Waals surface area contributed by atoms with E-state index in [-0.39, 0.29) is 37.1 Å². The van der Waals surface area contributed by atoms with Gasteiger partial charge in [-0.3, -0.25) is 0 Å². The molecule has 0 heterocycles. The van der Waals surface area contributed by atoms with Crippen LogP contribution in [0, 0.1) is 0 Å². The Morgan fingerprint density at radius 2 is 0.262 bits per heavy atom. The minimum absolute atomic E-state index is 0. The first kappa shape index (κ1) is 54.0. The zero-order valence-corrected chi connectivity index (χ0v) is 23.9. The number of hydrogen-bond donors (Lipinski definition) is 0. The van der Waals surface area contributed by atoms with Crippen LogP contribution in [0.2, 0.25) is 0 Å². The smallest absolute Gasteiger partial charge is 0.0418 e. The Balaban J connectivity index is -0.0000000721. The van der Waals surface area contributed by atoms with Crippen LogP contribution in [0.25, 0.3) is 0 Å². The summed E-state index contributed by atoms with van der Waals surface area (Å²) in [6, 6.07) is 0. The average molecular weight is 682 g/mol. The molecule has 0 N–H and O–H groups in total. The van der Waals surface area contributed by atoms with E-state index in [0.717, 1.165) is 0 Å². The maximum absolute atomic E-state index is 9.50. The number of carboxylic acids is 10. The van der Waals surface area contributed by atoms with Gasteiger partial charge < -0.3 is 99.0 Å². The molecule has 0 aromatic rings. The first-order valence-electron chi connectivity index (χ1n) is 10.1. The van der Waals surface area contributed by atoms with Crippen LogP contribution in [0.3, 0.4) is 0 Å². The molecular weight excluding hydrogens is 662 g/mol. The topological polar surface area (TPSA) is 401 Å². The number of aliphatic carboxylic acids is 10. The maximum atomic E-state index is 9.50. The predicted molar refractivity (Wildman–Crippen MR) is 96.2 cm³/mol. The van der Waals surface area contributed by atoms with Crippen molar-refractivity contribution < 1.29 is 136 Å². The molecule has 0 unspecified atom stereocenters. The fourth-order valence-corrected chi connectivity index (χ4v) is 1.02. The molecule has 2 radical (unpaired) electrons. The van der Waals surface area contributed by atoms with Crippen molar-refractivity contribution >= 4 is 59.7 Å². The van der Waals surface area contributed by atoms with Crippen molar-refractivity contribution in [2.24, 2.45) is 0 Å². The molecule has 0 atom stereocenters. The van der Waals surface area contributed by atoms with Gasteiger partial charge in [-0.1, -0.05) is 0 Å². The van der Waals surface area contributed by atoms with Crippen molar-refractivity contribution in [3.8, 4) is 0 Å². The van der Waals surface area contributed by atoms with Gasteiger partial charge in [-0.15, -0.1) is 0 Å². The summed E-state index contributed by atoms with van der Waals surface area (Å²) >= 11 is 0. The van der Waals surface area contributed by atoms with Crippen molar-refractivity contribution in [3.05, 3.63) is 0 Å². The van der Waals surface area contributed by atoms with E-state index in [4.69, 9.17) is 0 Å². The summed E-state index contributed by atoms with van der Waals surface area (Å²) in [6.07, 6.45) is -4.70. The van der Waals surface area contributed by atoms with Gasteiger partial charge in [0.05, 0.1) is 0 Å². The van der Waals surface area contributed by atoms with Crippen LogP contribution in [-0.2, 0) is 85.1 Å². The summed E-state index contributed by atoms with van der Waals surface area (Å²) in [6.45, 7) is 0. The Morgan fingerprint density at radius 1 is 0.214 bits per heavy atom. The van der Waals surface area contributed by atoms with Gasteiger partial charge in [0.15, 0.2) is 0 Å². The molecule has 0 aliphatic carbocycles. The van der Waals surface area contributed by atoms with Crippen molar-refractivity contribution in [3.63, 3.8) is 0 Å². The third kappa shape index (κ3) is 100. The van der Waals surface area contributed by atoms with Gasteiger partial charge in [0, 0.05) is 96.8 Å². The van der Waals surface area contributed by atoms with Crippen molar-refractivity contribution in [1.29, 1.82) is 0 Å². The molecular formula is C20H20O20V2-10. The Kier molecular flexibility index (Phi) is 47.4. The zero-order valence-electron chi connectivity index (χ0n) is 21.1. The third-order valence-electron chi connectivity index (χ3n) is 2.67. The standard InChI is InChI=1S/5C4H6O4.2V/c5*5-3(6)1-2-4(7)8;;/h5*1-2H2,(H,5,6)(H,7,8);;/p-10. The van der Waals surface area contributed by atoms with Crippen molar-refractivity contribution in [2.45, 2.75) is 64.2 Å². The van der Waals surface area contributed by atoms with E-state index in [0.29, 0.717) is 0 Å². The second-order valence-electron chi connectivity index (χ2n) is 6.22. The normalized spacial score (nSPS) is 8.10. The second kappa shape index (κ2) is 36.9. The predicted octanol–water partition coefficient (Wildman–Crippen LogP) is -13.7. The monoisotopic (exact) mass is 682 g/mol.